The van der Waals surface area contributed by atoms with E-state index in [9.17, 15) is 4.79 Å². The highest BCUT2D eigenvalue weighted by atomic mass is 16.5. The van der Waals surface area contributed by atoms with Gasteiger partial charge in [0.2, 0.25) is 0 Å². The van der Waals surface area contributed by atoms with Gasteiger partial charge in [0.1, 0.15) is 6.67 Å². The summed E-state index contributed by atoms with van der Waals surface area (Å²) < 4.78 is 5.80. The molecule has 2 atom stereocenters. The lowest BCUT2D eigenvalue weighted by Crippen LogP contribution is -2.20. The number of ether oxygens (including phenoxy) is 1. The fraction of sp³-hybridized carbons (Fsp3) is 0.276. The smallest absolute Gasteiger partial charge is 0.256 e. The number of hydrogen-bond donors (Lipinski definition) is 1. The monoisotopic (exact) mass is 451 g/mol. The molecule has 0 spiro atoms. The Balaban J connectivity index is 0.000000107. The van der Waals surface area contributed by atoms with Gasteiger partial charge in [-0.1, -0.05) is 48.0 Å². The van der Waals surface area contributed by atoms with Gasteiger partial charge in [-0.2, -0.15) is 0 Å². The van der Waals surface area contributed by atoms with Crippen LogP contribution in [0.5, 0.6) is 0 Å². The van der Waals surface area contributed by atoms with Crippen molar-refractivity contribution < 1.29 is 9.53 Å². The minimum Gasteiger partial charge on any atom is -0.366 e. The molecule has 1 fully saturated rings. The van der Waals surface area contributed by atoms with Gasteiger partial charge in [-0.15, -0.1) is 0 Å². The van der Waals surface area contributed by atoms with E-state index in [4.69, 9.17) is 4.74 Å². The molecule has 2 unspecified atom stereocenters. The van der Waals surface area contributed by atoms with Crippen molar-refractivity contribution in [1.29, 1.82) is 0 Å². The van der Waals surface area contributed by atoms with Gasteiger partial charge in [0.15, 0.2) is 0 Å². The van der Waals surface area contributed by atoms with Gasteiger partial charge in [-0.3, -0.25) is 14.8 Å². The average molecular weight is 452 g/mol. The molecular weight excluding hydrogens is 422 g/mol. The summed E-state index contributed by atoms with van der Waals surface area (Å²) in [6.07, 6.45) is 3.29. The fourth-order valence-corrected chi connectivity index (χ4v) is 4.82. The Morgan fingerprint density at radius 2 is 1.44 bits per heavy atom. The molecule has 4 aliphatic heterocycles. The standard InChI is InChI=1S/C11H12O.C10H9NO.C8H8N2/c1-7-2-3-8-9(6-7)11-5-4-10(8)12-11;1-6-3-4-8-9(5-6)7(2)11-10(8)12;1-6-2-3-7-8(4-6)10-5-9-7/h2-3,6,10-11H,4-5H2,1H3;3-5H,2H2,1H3,(H,11,12);2-4H,5H2,1H3. The molecule has 3 aromatic rings. The normalized spacial score (nSPS) is 20.0. The number of carbonyl (C=O) groups is 1. The number of rotatable bonds is 0. The average Bonchev–Trinajstić information content (AvgIpc) is 3.59. The van der Waals surface area contributed by atoms with Crippen molar-refractivity contribution in [3.8, 4) is 0 Å². The maximum atomic E-state index is 11.2. The predicted octanol–water partition coefficient (Wildman–Crippen LogP) is 4.82. The molecule has 0 aliphatic carbocycles. The number of benzene rings is 3. The molecule has 2 bridgehead atoms. The maximum Gasteiger partial charge on any atom is 0.256 e. The van der Waals surface area contributed by atoms with E-state index in [0.717, 1.165) is 27.4 Å². The molecule has 1 saturated heterocycles. The predicted molar refractivity (Wildman–Crippen MR) is 133 cm³/mol. The molecule has 3 aromatic carbocycles. The zero-order valence-electron chi connectivity index (χ0n) is 19.9. The third-order valence-electron chi connectivity index (χ3n) is 6.58. The second-order valence-electron chi connectivity index (χ2n) is 9.25. The first-order valence-corrected chi connectivity index (χ1v) is 11.7. The van der Waals surface area contributed by atoms with Gasteiger partial charge >= 0.3 is 0 Å². The first-order chi connectivity index (χ1) is 16.4. The molecular formula is C29H29N3O2. The van der Waals surface area contributed by atoms with Crippen LogP contribution in [0.3, 0.4) is 0 Å². The summed E-state index contributed by atoms with van der Waals surface area (Å²) in [5.74, 6) is -0.0463. The van der Waals surface area contributed by atoms with Crippen molar-refractivity contribution in [2.24, 2.45) is 9.98 Å². The minimum absolute atomic E-state index is 0.0463. The lowest BCUT2D eigenvalue weighted by molar-refractivity contribution is 0.0716. The maximum absolute atomic E-state index is 11.2. The van der Waals surface area contributed by atoms with Gasteiger partial charge in [-0.05, 0) is 74.6 Å². The van der Waals surface area contributed by atoms with E-state index in [2.05, 4.69) is 66.1 Å². The highest BCUT2D eigenvalue weighted by Crippen LogP contribution is 2.50. The Bertz CT molecular complexity index is 1420. The Hall–Kier alpha value is -3.57. The highest BCUT2D eigenvalue weighted by Gasteiger charge is 2.37. The van der Waals surface area contributed by atoms with Crippen molar-refractivity contribution in [3.63, 3.8) is 0 Å². The lowest BCUT2D eigenvalue weighted by atomic mass is 9.91. The second kappa shape index (κ2) is 8.99. The summed E-state index contributed by atoms with van der Waals surface area (Å²) >= 11 is 0. The largest absolute Gasteiger partial charge is 0.366 e. The first-order valence-electron chi connectivity index (χ1n) is 11.7. The van der Waals surface area contributed by atoms with E-state index in [0.29, 0.717) is 24.6 Å². The highest BCUT2D eigenvalue weighted by molar-refractivity contribution is 6.08. The second-order valence-corrected chi connectivity index (χ2v) is 9.25. The van der Waals surface area contributed by atoms with Crippen LogP contribution in [0.15, 0.2) is 71.2 Å². The van der Waals surface area contributed by atoms with Crippen LogP contribution in [-0.4, -0.2) is 12.6 Å². The van der Waals surface area contributed by atoms with Crippen LogP contribution in [-0.2, 0) is 4.74 Å². The van der Waals surface area contributed by atoms with E-state index >= 15 is 0 Å². The van der Waals surface area contributed by atoms with Crippen LogP contribution < -0.4 is 16.0 Å². The van der Waals surface area contributed by atoms with Crippen molar-refractivity contribution in [3.05, 3.63) is 111 Å². The van der Waals surface area contributed by atoms with Crippen molar-refractivity contribution in [2.45, 2.75) is 45.8 Å². The number of amides is 1. The van der Waals surface area contributed by atoms with Gasteiger partial charge in [0, 0.05) is 16.8 Å². The molecule has 172 valence electrons. The Morgan fingerprint density at radius 3 is 2.26 bits per heavy atom. The van der Waals surface area contributed by atoms with Crippen molar-refractivity contribution >= 4 is 11.6 Å². The molecule has 4 heterocycles. The van der Waals surface area contributed by atoms with E-state index in [-0.39, 0.29) is 5.91 Å². The zero-order chi connectivity index (χ0) is 23.8. The fourth-order valence-electron chi connectivity index (χ4n) is 4.82. The Labute approximate surface area is 199 Å². The molecule has 1 amide bonds. The van der Waals surface area contributed by atoms with E-state index < -0.39 is 0 Å². The topological polar surface area (TPSA) is 63.0 Å². The summed E-state index contributed by atoms with van der Waals surface area (Å²) in [5, 5.41) is 4.75. The molecule has 34 heavy (non-hydrogen) atoms. The number of aryl methyl sites for hydroxylation is 3. The molecule has 4 aliphatic rings. The summed E-state index contributed by atoms with van der Waals surface area (Å²) in [7, 11) is 0. The SMILES string of the molecule is C=C1NC(=O)c2ccc(C)cc21.Cc1ccc2c(c1)=NCN=2.Cc1ccc2c(c1)C1CCC2O1. The summed E-state index contributed by atoms with van der Waals surface area (Å²) in [6.45, 7) is 10.6. The van der Waals surface area contributed by atoms with Crippen LogP contribution in [0.1, 0.15) is 68.8 Å². The third kappa shape index (κ3) is 4.31. The quantitative estimate of drug-likeness (QED) is 0.533. The molecule has 5 heteroatoms. The lowest BCUT2D eigenvalue weighted by Gasteiger charge is -2.11. The summed E-state index contributed by atoms with van der Waals surface area (Å²) in [4.78, 5) is 19.6. The minimum atomic E-state index is -0.0463. The number of nitrogens with one attached hydrogen (secondary N) is 1. The van der Waals surface area contributed by atoms with E-state index in [1.165, 1.54) is 35.1 Å². The summed E-state index contributed by atoms with van der Waals surface area (Å²) in [6, 6.07) is 18.6. The van der Waals surface area contributed by atoms with Gasteiger partial charge in [0.25, 0.3) is 5.91 Å². The Morgan fingerprint density at radius 1 is 0.794 bits per heavy atom. The van der Waals surface area contributed by atoms with Crippen LogP contribution in [0.2, 0.25) is 0 Å². The molecule has 1 N–H and O–H groups in total. The van der Waals surface area contributed by atoms with Crippen LogP contribution in [0.4, 0.5) is 0 Å². The van der Waals surface area contributed by atoms with Crippen LogP contribution >= 0.6 is 0 Å². The van der Waals surface area contributed by atoms with Crippen LogP contribution in [0, 0.1) is 20.8 Å². The van der Waals surface area contributed by atoms with Gasteiger partial charge in [0.05, 0.1) is 22.9 Å². The molecule has 7 rings (SSSR count). The number of carbonyl (C=O) groups excluding carboxylic acids is 1. The molecule has 0 saturated carbocycles. The first kappa shape index (κ1) is 22.2. The number of nitrogens with zero attached hydrogens (tertiary/aromatic N) is 2. The summed E-state index contributed by atoms with van der Waals surface area (Å²) in [5.41, 5.74) is 9.00. The third-order valence-corrected chi connectivity index (χ3v) is 6.58. The molecule has 0 aromatic heterocycles. The molecule has 0 radical (unpaired) electrons. The Kier molecular flexibility index (Phi) is 5.88. The molecule has 5 nitrogen and oxygen atoms in total. The zero-order valence-corrected chi connectivity index (χ0v) is 19.9. The van der Waals surface area contributed by atoms with Crippen molar-refractivity contribution in [2.75, 3.05) is 6.67 Å². The number of fused-ring (bicyclic) bond motifs is 7. The number of hydrogen-bond acceptors (Lipinski definition) is 4. The van der Waals surface area contributed by atoms with E-state index in [1.807, 2.05) is 31.2 Å². The van der Waals surface area contributed by atoms with Gasteiger partial charge in [-0.25, -0.2) is 0 Å². The van der Waals surface area contributed by atoms with E-state index in [1.54, 1.807) is 0 Å². The van der Waals surface area contributed by atoms with Crippen LogP contribution in [0.25, 0.3) is 5.70 Å². The van der Waals surface area contributed by atoms with Crippen molar-refractivity contribution in [1.82, 2.24) is 5.32 Å². The van der Waals surface area contributed by atoms with Gasteiger partial charge < -0.3 is 10.1 Å².